The molecule has 3 rings (SSSR count). The van der Waals surface area contributed by atoms with Gasteiger partial charge in [-0.2, -0.15) is 0 Å². The molecule has 2 aromatic rings. The second-order valence-electron chi connectivity index (χ2n) is 5.89. The molecule has 0 radical (unpaired) electrons. The number of hydrogen-bond acceptors (Lipinski definition) is 1. The van der Waals surface area contributed by atoms with E-state index < -0.39 is 0 Å². The lowest BCUT2D eigenvalue weighted by atomic mass is 9.76. The van der Waals surface area contributed by atoms with E-state index in [2.05, 4.69) is 50.2 Å². The Bertz CT molecular complexity index is 569. The minimum absolute atomic E-state index is 0.206. The molecule has 1 N–H and O–H groups in total. The van der Waals surface area contributed by atoms with Crippen molar-refractivity contribution >= 4 is 0 Å². The molecule has 0 saturated heterocycles. The second-order valence-corrected chi connectivity index (χ2v) is 5.89. The number of fused-ring (bicyclic) bond motifs is 1. The lowest BCUT2D eigenvalue weighted by Gasteiger charge is -2.28. The molecule has 2 aromatic carbocycles. The quantitative estimate of drug-likeness (QED) is 0.792. The highest BCUT2D eigenvalue weighted by Crippen LogP contribution is 2.50. The lowest BCUT2D eigenvalue weighted by Crippen LogP contribution is -2.18. The van der Waals surface area contributed by atoms with Crippen molar-refractivity contribution in [3.05, 3.63) is 65.2 Å². The Kier molecular flexibility index (Phi) is 2.44. The molecule has 18 heavy (non-hydrogen) atoms. The van der Waals surface area contributed by atoms with Gasteiger partial charge in [-0.05, 0) is 40.7 Å². The topological polar surface area (TPSA) is 20.2 Å². The fraction of sp³-hybridized carbons (Fsp3) is 0.294. The van der Waals surface area contributed by atoms with E-state index in [0.29, 0.717) is 11.7 Å². The summed E-state index contributed by atoms with van der Waals surface area (Å²) in [6, 6.07) is 16.4. The normalized spacial score (nSPS) is 20.7. The van der Waals surface area contributed by atoms with Gasteiger partial charge in [0.2, 0.25) is 0 Å². The zero-order valence-corrected chi connectivity index (χ0v) is 10.9. The van der Waals surface area contributed by atoms with Crippen molar-refractivity contribution in [2.45, 2.75) is 26.2 Å². The fourth-order valence-electron chi connectivity index (χ4n) is 3.30. The Hall–Kier alpha value is -1.76. The maximum absolute atomic E-state index is 9.73. The number of phenols is 1. The Morgan fingerprint density at radius 2 is 1.78 bits per heavy atom. The van der Waals surface area contributed by atoms with Crippen LogP contribution in [0.5, 0.6) is 5.75 Å². The second kappa shape index (κ2) is 3.88. The molecule has 1 nitrogen and oxygen atoms in total. The van der Waals surface area contributed by atoms with Crippen LogP contribution in [0.2, 0.25) is 0 Å². The van der Waals surface area contributed by atoms with Gasteiger partial charge < -0.3 is 5.11 Å². The van der Waals surface area contributed by atoms with Crippen molar-refractivity contribution in [1.82, 2.24) is 0 Å². The van der Waals surface area contributed by atoms with Crippen LogP contribution >= 0.6 is 0 Å². The zero-order valence-electron chi connectivity index (χ0n) is 10.9. The molecule has 0 heterocycles. The highest BCUT2D eigenvalue weighted by molar-refractivity contribution is 5.48. The van der Waals surface area contributed by atoms with Gasteiger partial charge in [-0.1, -0.05) is 50.2 Å². The van der Waals surface area contributed by atoms with Crippen molar-refractivity contribution in [1.29, 1.82) is 0 Å². The first kappa shape index (κ1) is 11.3. The van der Waals surface area contributed by atoms with Crippen LogP contribution in [0.25, 0.3) is 0 Å². The fourth-order valence-corrected chi connectivity index (χ4v) is 3.30. The van der Waals surface area contributed by atoms with Crippen molar-refractivity contribution in [3.63, 3.8) is 0 Å². The molecule has 0 saturated carbocycles. The zero-order chi connectivity index (χ0) is 12.8. The van der Waals surface area contributed by atoms with Crippen LogP contribution in [0, 0.1) is 5.41 Å². The highest BCUT2D eigenvalue weighted by atomic mass is 16.3. The van der Waals surface area contributed by atoms with E-state index in [9.17, 15) is 5.11 Å². The summed E-state index contributed by atoms with van der Waals surface area (Å²) in [5, 5.41) is 9.73. The van der Waals surface area contributed by atoms with Crippen molar-refractivity contribution in [2.75, 3.05) is 0 Å². The standard InChI is InChI=1S/C17H18O/c1-17(2)11-13-8-9-14(18)10-15(13)16(17)12-6-4-3-5-7-12/h3-10,16,18H,11H2,1-2H3/t16-/m0/s1. The summed E-state index contributed by atoms with van der Waals surface area (Å²) >= 11 is 0. The first-order chi connectivity index (χ1) is 8.58. The van der Waals surface area contributed by atoms with Crippen molar-refractivity contribution < 1.29 is 5.11 Å². The van der Waals surface area contributed by atoms with E-state index in [1.54, 1.807) is 6.07 Å². The number of hydrogen-bond donors (Lipinski definition) is 1. The largest absolute Gasteiger partial charge is 0.508 e. The molecule has 0 bridgehead atoms. The van der Waals surface area contributed by atoms with Gasteiger partial charge in [0.15, 0.2) is 0 Å². The van der Waals surface area contributed by atoms with Gasteiger partial charge >= 0.3 is 0 Å². The smallest absolute Gasteiger partial charge is 0.115 e. The number of benzene rings is 2. The molecule has 0 amide bonds. The molecule has 0 unspecified atom stereocenters. The average Bonchev–Trinajstić information content (AvgIpc) is 2.60. The number of aromatic hydroxyl groups is 1. The van der Waals surface area contributed by atoms with E-state index in [4.69, 9.17) is 0 Å². The predicted octanol–water partition coefficient (Wildman–Crippen LogP) is 4.11. The van der Waals surface area contributed by atoms with Gasteiger partial charge in [-0.15, -0.1) is 0 Å². The van der Waals surface area contributed by atoms with Crippen molar-refractivity contribution in [3.8, 4) is 5.75 Å². The Morgan fingerprint density at radius 3 is 2.50 bits per heavy atom. The summed E-state index contributed by atoms with van der Waals surface area (Å²) in [5.74, 6) is 0.744. The number of phenolic OH excluding ortho intramolecular Hbond substituents is 1. The summed E-state index contributed by atoms with van der Waals surface area (Å²) in [7, 11) is 0. The summed E-state index contributed by atoms with van der Waals surface area (Å²) in [6.07, 6.45) is 1.07. The van der Waals surface area contributed by atoms with Crippen LogP contribution in [-0.2, 0) is 6.42 Å². The molecule has 0 aromatic heterocycles. The summed E-state index contributed by atoms with van der Waals surface area (Å²) in [5.41, 5.74) is 4.20. The average molecular weight is 238 g/mol. The van der Waals surface area contributed by atoms with E-state index in [1.807, 2.05) is 6.07 Å². The first-order valence-electron chi connectivity index (χ1n) is 6.45. The molecular formula is C17H18O. The third kappa shape index (κ3) is 1.71. The summed E-state index contributed by atoms with van der Waals surface area (Å²) < 4.78 is 0. The van der Waals surface area contributed by atoms with E-state index in [-0.39, 0.29) is 5.41 Å². The molecule has 0 fully saturated rings. The highest BCUT2D eigenvalue weighted by Gasteiger charge is 2.39. The molecule has 0 aliphatic heterocycles. The molecule has 1 heteroatoms. The minimum Gasteiger partial charge on any atom is -0.508 e. The van der Waals surface area contributed by atoms with Crippen LogP contribution in [0.1, 0.15) is 36.5 Å². The monoisotopic (exact) mass is 238 g/mol. The third-order valence-electron chi connectivity index (χ3n) is 4.00. The van der Waals surface area contributed by atoms with E-state index >= 15 is 0 Å². The van der Waals surface area contributed by atoms with Crippen LogP contribution in [-0.4, -0.2) is 5.11 Å². The van der Waals surface area contributed by atoms with E-state index in [1.165, 1.54) is 16.7 Å². The molecule has 1 aliphatic rings. The molecule has 1 aliphatic carbocycles. The maximum atomic E-state index is 9.73. The van der Waals surface area contributed by atoms with Crippen molar-refractivity contribution in [2.24, 2.45) is 5.41 Å². The lowest BCUT2D eigenvalue weighted by molar-refractivity contribution is 0.347. The number of rotatable bonds is 1. The van der Waals surface area contributed by atoms with Gasteiger partial charge in [0.1, 0.15) is 5.75 Å². The van der Waals surface area contributed by atoms with E-state index in [0.717, 1.165) is 6.42 Å². The predicted molar refractivity (Wildman–Crippen MR) is 73.9 cm³/mol. The minimum atomic E-state index is 0.206. The Morgan fingerprint density at radius 1 is 1.06 bits per heavy atom. The summed E-state index contributed by atoms with van der Waals surface area (Å²) in [6.45, 7) is 4.61. The molecule has 0 spiro atoms. The molecule has 92 valence electrons. The maximum Gasteiger partial charge on any atom is 0.115 e. The van der Waals surface area contributed by atoms with Gasteiger partial charge in [0.05, 0.1) is 0 Å². The molecule has 1 atom stereocenters. The first-order valence-corrected chi connectivity index (χ1v) is 6.45. The van der Waals surface area contributed by atoms with Gasteiger partial charge in [0, 0.05) is 5.92 Å². The molecular weight excluding hydrogens is 220 g/mol. The van der Waals surface area contributed by atoms with Gasteiger partial charge in [-0.25, -0.2) is 0 Å². The Labute approximate surface area is 108 Å². The summed E-state index contributed by atoms with van der Waals surface area (Å²) in [4.78, 5) is 0. The van der Waals surface area contributed by atoms with Crippen LogP contribution in [0.3, 0.4) is 0 Å². The third-order valence-corrected chi connectivity index (χ3v) is 4.00. The van der Waals surface area contributed by atoms with Gasteiger partial charge in [-0.3, -0.25) is 0 Å². The Balaban J connectivity index is 2.16. The van der Waals surface area contributed by atoms with Crippen LogP contribution in [0.15, 0.2) is 48.5 Å². The SMILES string of the molecule is CC1(C)Cc2ccc(O)cc2[C@@H]1c1ccccc1. The van der Waals surface area contributed by atoms with Crippen LogP contribution < -0.4 is 0 Å². The van der Waals surface area contributed by atoms with Gasteiger partial charge in [0.25, 0.3) is 0 Å². The van der Waals surface area contributed by atoms with Crippen LogP contribution in [0.4, 0.5) is 0 Å².